The fraction of sp³-hybridized carbons (Fsp3) is 0.545. The predicted molar refractivity (Wildman–Crippen MR) is 61.5 cm³/mol. The van der Waals surface area contributed by atoms with E-state index in [9.17, 15) is 4.79 Å². The molecule has 3 N–H and O–H groups in total. The molecule has 0 saturated carbocycles. The average molecular weight is 222 g/mol. The van der Waals surface area contributed by atoms with E-state index in [4.69, 9.17) is 5.73 Å². The number of hydrogen-bond acceptors (Lipinski definition) is 4. The molecule has 0 radical (unpaired) electrons. The summed E-state index contributed by atoms with van der Waals surface area (Å²) in [4.78, 5) is 19.3. The number of carbonyl (C=O) groups is 1. The highest BCUT2D eigenvalue weighted by molar-refractivity contribution is 5.80. The van der Waals surface area contributed by atoms with Crippen molar-refractivity contribution in [1.29, 1.82) is 0 Å². The average Bonchev–Trinajstić information content (AvgIpc) is 2.17. The van der Waals surface area contributed by atoms with Gasteiger partial charge in [0.25, 0.3) is 0 Å². The molecule has 0 bridgehead atoms. The van der Waals surface area contributed by atoms with E-state index in [2.05, 4.69) is 15.3 Å². The van der Waals surface area contributed by atoms with E-state index < -0.39 is 5.41 Å². The van der Waals surface area contributed by atoms with Gasteiger partial charge in [-0.1, -0.05) is 0 Å². The molecule has 0 fully saturated rings. The van der Waals surface area contributed by atoms with Gasteiger partial charge in [-0.3, -0.25) is 4.79 Å². The first-order chi connectivity index (χ1) is 7.42. The second-order valence-electron chi connectivity index (χ2n) is 4.45. The van der Waals surface area contributed by atoms with Gasteiger partial charge in [-0.25, -0.2) is 9.97 Å². The van der Waals surface area contributed by atoms with Crippen LogP contribution in [-0.2, 0) is 11.3 Å². The molecule has 5 heteroatoms. The second-order valence-corrected chi connectivity index (χ2v) is 4.45. The quantitative estimate of drug-likeness (QED) is 0.755. The molecule has 0 aliphatic carbocycles. The number of nitrogens with zero attached hydrogens (tertiary/aromatic N) is 2. The maximum absolute atomic E-state index is 11.1. The van der Waals surface area contributed by atoms with Crippen LogP contribution in [0.3, 0.4) is 0 Å². The first-order valence-electron chi connectivity index (χ1n) is 5.21. The van der Waals surface area contributed by atoms with E-state index >= 15 is 0 Å². The van der Waals surface area contributed by atoms with Gasteiger partial charge in [-0.15, -0.1) is 0 Å². The lowest BCUT2D eigenvalue weighted by atomic mass is 9.93. The summed E-state index contributed by atoms with van der Waals surface area (Å²) in [6.07, 6.45) is 1.72. The molecule has 1 aromatic rings. The SMILES string of the molecule is Cc1nccc(CNCC(C)(C)C(N)=O)n1. The first-order valence-corrected chi connectivity index (χ1v) is 5.21. The van der Waals surface area contributed by atoms with E-state index in [0.717, 1.165) is 11.5 Å². The van der Waals surface area contributed by atoms with Crippen LogP contribution in [0, 0.1) is 12.3 Å². The van der Waals surface area contributed by atoms with Crippen LogP contribution in [0.1, 0.15) is 25.4 Å². The van der Waals surface area contributed by atoms with Crippen LogP contribution in [0.25, 0.3) is 0 Å². The van der Waals surface area contributed by atoms with Gasteiger partial charge in [-0.2, -0.15) is 0 Å². The maximum Gasteiger partial charge on any atom is 0.224 e. The van der Waals surface area contributed by atoms with Crippen molar-refractivity contribution in [3.63, 3.8) is 0 Å². The normalized spacial score (nSPS) is 11.4. The molecule has 0 aliphatic heterocycles. The molecule has 0 unspecified atom stereocenters. The summed E-state index contributed by atoms with van der Waals surface area (Å²) < 4.78 is 0. The molecule has 88 valence electrons. The lowest BCUT2D eigenvalue weighted by molar-refractivity contribution is -0.125. The van der Waals surface area contributed by atoms with Gasteiger partial charge in [0.05, 0.1) is 11.1 Å². The number of carbonyl (C=O) groups excluding carboxylic acids is 1. The van der Waals surface area contributed by atoms with E-state index in [1.54, 1.807) is 6.20 Å². The summed E-state index contributed by atoms with van der Waals surface area (Å²) in [5.74, 6) is 0.437. The van der Waals surface area contributed by atoms with Crippen molar-refractivity contribution in [3.05, 3.63) is 23.8 Å². The number of rotatable bonds is 5. The zero-order valence-corrected chi connectivity index (χ0v) is 9.95. The highest BCUT2D eigenvalue weighted by Crippen LogP contribution is 2.11. The Balaban J connectivity index is 2.45. The molecule has 0 aromatic carbocycles. The zero-order valence-electron chi connectivity index (χ0n) is 9.95. The molecule has 1 amide bonds. The number of nitrogens with two attached hydrogens (primary N) is 1. The van der Waals surface area contributed by atoms with Crippen LogP contribution in [0.2, 0.25) is 0 Å². The Hall–Kier alpha value is -1.49. The van der Waals surface area contributed by atoms with Crippen molar-refractivity contribution < 1.29 is 4.79 Å². The summed E-state index contributed by atoms with van der Waals surface area (Å²) in [5.41, 5.74) is 5.64. The second kappa shape index (κ2) is 5.03. The summed E-state index contributed by atoms with van der Waals surface area (Å²) >= 11 is 0. The maximum atomic E-state index is 11.1. The Morgan fingerprint density at radius 3 is 2.81 bits per heavy atom. The Morgan fingerprint density at radius 2 is 2.25 bits per heavy atom. The minimum absolute atomic E-state index is 0.307. The molecule has 16 heavy (non-hydrogen) atoms. The molecule has 0 saturated heterocycles. The van der Waals surface area contributed by atoms with Crippen molar-refractivity contribution >= 4 is 5.91 Å². The number of hydrogen-bond donors (Lipinski definition) is 2. The zero-order chi connectivity index (χ0) is 12.2. The Bertz CT molecular complexity index is 376. The van der Waals surface area contributed by atoms with Crippen LogP contribution >= 0.6 is 0 Å². The van der Waals surface area contributed by atoms with Crippen molar-refractivity contribution in [2.45, 2.75) is 27.3 Å². The summed E-state index contributed by atoms with van der Waals surface area (Å²) in [6.45, 7) is 6.61. The fourth-order valence-corrected chi connectivity index (χ4v) is 1.19. The van der Waals surface area contributed by atoms with Crippen molar-refractivity contribution in [1.82, 2.24) is 15.3 Å². The molecular weight excluding hydrogens is 204 g/mol. The smallest absolute Gasteiger partial charge is 0.224 e. The predicted octanol–water partition coefficient (Wildman–Crippen LogP) is 0.386. The highest BCUT2D eigenvalue weighted by Gasteiger charge is 2.23. The van der Waals surface area contributed by atoms with Crippen LogP contribution in [-0.4, -0.2) is 22.4 Å². The Labute approximate surface area is 95.5 Å². The van der Waals surface area contributed by atoms with Gasteiger partial charge in [0.1, 0.15) is 5.82 Å². The molecular formula is C11H18N4O. The van der Waals surface area contributed by atoms with Gasteiger partial charge in [0, 0.05) is 19.3 Å². The molecule has 1 rings (SSSR count). The van der Waals surface area contributed by atoms with Gasteiger partial charge in [0.15, 0.2) is 0 Å². The minimum atomic E-state index is -0.540. The number of amides is 1. The third-order valence-electron chi connectivity index (χ3n) is 2.37. The largest absolute Gasteiger partial charge is 0.369 e. The monoisotopic (exact) mass is 222 g/mol. The lowest BCUT2D eigenvalue weighted by Gasteiger charge is -2.20. The van der Waals surface area contributed by atoms with E-state index in [1.807, 2.05) is 26.8 Å². The molecule has 5 nitrogen and oxygen atoms in total. The summed E-state index contributed by atoms with van der Waals surface area (Å²) in [7, 11) is 0. The molecule has 1 heterocycles. The number of aryl methyl sites for hydroxylation is 1. The van der Waals surface area contributed by atoms with Crippen molar-refractivity contribution in [2.24, 2.45) is 11.1 Å². The van der Waals surface area contributed by atoms with E-state index in [-0.39, 0.29) is 5.91 Å². The molecule has 1 aromatic heterocycles. The third-order valence-corrected chi connectivity index (χ3v) is 2.37. The van der Waals surface area contributed by atoms with E-state index in [1.165, 1.54) is 0 Å². The Kier molecular flexibility index (Phi) is 3.95. The fourth-order valence-electron chi connectivity index (χ4n) is 1.19. The number of aromatic nitrogens is 2. The van der Waals surface area contributed by atoms with Crippen LogP contribution < -0.4 is 11.1 Å². The van der Waals surface area contributed by atoms with Crippen LogP contribution in [0.5, 0.6) is 0 Å². The number of nitrogens with one attached hydrogen (secondary N) is 1. The number of primary amides is 1. The van der Waals surface area contributed by atoms with E-state index in [0.29, 0.717) is 13.1 Å². The minimum Gasteiger partial charge on any atom is -0.369 e. The van der Waals surface area contributed by atoms with Crippen LogP contribution in [0.4, 0.5) is 0 Å². The lowest BCUT2D eigenvalue weighted by Crippen LogP contribution is -2.40. The van der Waals surface area contributed by atoms with Gasteiger partial charge >= 0.3 is 0 Å². The topological polar surface area (TPSA) is 80.9 Å². The Morgan fingerprint density at radius 1 is 1.56 bits per heavy atom. The standard InChI is InChI=1S/C11H18N4O/c1-8-14-5-4-9(15-8)6-13-7-11(2,3)10(12)16/h4-5,13H,6-7H2,1-3H3,(H2,12,16). The van der Waals surface area contributed by atoms with Gasteiger partial charge in [0.2, 0.25) is 5.91 Å². The summed E-state index contributed by atoms with van der Waals surface area (Å²) in [6, 6.07) is 1.84. The van der Waals surface area contributed by atoms with Crippen LogP contribution in [0.15, 0.2) is 12.3 Å². The van der Waals surface area contributed by atoms with Gasteiger partial charge < -0.3 is 11.1 Å². The third kappa shape index (κ3) is 3.58. The molecule has 0 atom stereocenters. The molecule has 0 aliphatic rings. The summed E-state index contributed by atoms with van der Waals surface area (Å²) in [5, 5.41) is 3.16. The van der Waals surface area contributed by atoms with Crippen molar-refractivity contribution in [2.75, 3.05) is 6.54 Å². The van der Waals surface area contributed by atoms with Gasteiger partial charge in [-0.05, 0) is 26.8 Å². The first kappa shape index (κ1) is 12.6. The highest BCUT2D eigenvalue weighted by atomic mass is 16.1. The molecule has 0 spiro atoms. The van der Waals surface area contributed by atoms with Crippen molar-refractivity contribution in [3.8, 4) is 0 Å².